The highest BCUT2D eigenvalue weighted by Crippen LogP contribution is 2.44. The fourth-order valence-corrected chi connectivity index (χ4v) is 4.77. The number of esters is 1. The van der Waals surface area contributed by atoms with Crippen molar-refractivity contribution in [1.82, 2.24) is 4.90 Å². The van der Waals surface area contributed by atoms with E-state index >= 15 is 0 Å². The number of aliphatic hydroxyl groups is 1. The monoisotopic (exact) mass is 538 g/mol. The first-order valence-corrected chi connectivity index (χ1v) is 11.5. The van der Waals surface area contributed by atoms with Gasteiger partial charge in [0, 0.05) is 35.9 Å². The molecule has 1 N–H and O–H groups in total. The van der Waals surface area contributed by atoms with E-state index in [9.17, 15) is 36.6 Å². The fraction of sp³-hybridized carbons (Fsp3) is 0.346. The second-order valence-electron chi connectivity index (χ2n) is 8.95. The molecule has 0 fully saturated rings. The molecule has 0 amide bonds. The van der Waals surface area contributed by atoms with Crippen LogP contribution in [0.2, 0.25) is 0 Å². The number of ketones is 1. The number of Topliss-reactive ketones (excluding diaryl/α,β-unsaturated/α-hetero) is 1. The molecule has 2 heterocycles. The minimum Gasteiger partial charge on any atom is -0.491 e. The predicted molar refractivity (Wildman–Crippen MR) is 124 cm³/mol. The summed E-state index contributed by atoms with van der Waals surface area (Å²) in [5.74, 6) is -15.8. The van der Waals surface area contributed by atoms with Crippen molar-refractivity contribution in [3.8, 4) is 5.75 Å². The summed E-state index contributed by atoms with van der Waals surface area (Å²) in [5.41, 5.74) is -1.70. The first-order valence-electron chi connectivity index (χ1n) is 11.5. The first-order chi connectivity index (χ1) is 18.0. The maximum Gasteiger partial charge on any atom is 0.315 e. The van der Waals surface area contributed by atoms with Crippen molar-refractivity contribution in [1.29, 1.82) is 0 Å². The van der Waals surface area contributed by atoms with Gasteiger partial charge in [0.2, 0.25) is 5.82 Å². The number of halogens is 5. The van der Waals surface area contributed by atoms with Gasteiger partial charge in [-0.3, -0.25) is 19.5 Å². The molecule has 12 heteroatoms. The number of carbonyl (C=O) groups is 2. The average Bonchev–Trinajstić information content (AvgIpc) is 2.89. The number of carbonyl (C=O) groups excluding carboxylic acids is 2. The van der Waals surface area contributed by atoms with Crippen molar-refractivity contribution in [3.63, 3.8) is 0 Å². The highest BCUT2D eigenvalue weighted by Gasteiger charge is 2.47. The standard InChI is InChI=1S/C26H23F5N2O5/c1-12-17(26(36)37-2)19(20-21(27)23(29)25(31)24(30)22(20)28)18-15(32-12)9-33(10-16(18)35)8-13(34)11-38-14-6-4-3-5-7-14/h3-7,13,17,19,34H,8-11H2,1-2H3. The molecule has 4 rings (SSSR count). The predicted octanol–water partition coefficient (Wildman–Crippen LogP) is 3.31. The summed E-state index contributed by atoms with van der Waals surface area (Å²) in [6, 6.07) is 8.71. The van der Waals surface area contributed by atoms with Gasteiger partial charge in [-0.15, -0.1) is 0 Å². The SMILES string of the molecule is COC(=O)C1C(C)=NC2=C(C(=O)CN(CC(O)COc3ccccc3)C2)C1c1c(F)c(F)c(F)c(F)c1F. The minimum absolute atomic E-state index is 0.0102. The lowest BCUT2D eigenvalue weighted by Gasteiger charge is -2.38. The summed E-state index contributed by atoms with van der Waals surface area (Å²) >= 11 is 0. The molecule has 0 bridgehead atoms. The smallest absolute Gasteiger partial charge is 0.315 e. The lowest BCUT2D eigenvalue weighted by atomic mass is 9.73. The molecule has 0 aromatic heterocycles. The number of benzene rings is 2. The maximum absolute atomic E-state index is 14.9. The van der Waals surface area contributed by atoms with Gasteiger partial charge in [-0.1, -0.05) is 18.2 Å². The van der Waals surface area contributed by atoms with E-state index in [1.54, 1.807) is 30.3 Å². The van der Waals surface area contributed by atoms with Crippen LogP contribution in [0.15, 0.2) is 46.6 Å². The molecule has 38 heavy (non-hydrogen) atoms. The molecular weight excluding hydrogens is 515 g/mol. The number of hydrogen-bond acceptors (Lipinski definition) is 7. The Labute approximate surface area is 214 Å². The quantitative estimate of drug-likeness (QED) is 0.252. The maximum atomic E-state index is 14.9. The third-order valence-corrected chi connectivity index (χ3v) is 6.42. The second-order valence-corrected chi connectivity index (χ2v) is 8.95. The van der Waals surface area contributed by atoms with Crippen LogP contribution in [0.25, 0.3) is 0 Å². The van der Waals surface area contributed by atoms with E-state index in [-0.39, 0.29) is 43.2 Å². The van der Waals surface area contributed by atoms with E-state index in [1.165, 1.54) is 11.8 Å². The van der Waals surface area contributed by atoms with Gasteiger partial charge in [-0.05, 0) is 19.1 Å². The Balaban J connectivity index is 1.68. The Morgan fingerprint density at radius 2 is 1.66 bits per heavy atom. The number of β-amino-alcohol motifs (C(OH)–C–C–N with tert-alkyl or cyclic N) is 1. The molecule has 0 saturated carbocycles. The second kappa shape index (κ2) is 11.0. The summed E-state index contributed by atoms with van der Waals surface area (Å²) in [5, 5.41) is 10.4. The van der Waals surface area contributed by atoms with Crippen LogP contribution in [0.5, 0.6) is 5.75 Å². The van der Waals surface area contributed by atoms with Crippen LogP contribution in [0.1, 0.15) is 18.4 Å². The van der Waals surface area contributed by atoms with Crippen molar-refractivity contribution in [2.75, 3.05) is 33.4 Å². The number of para-hydroxylation sites is 1. The average molecular weight is 538 g/mol. The van der Waals surface area contributed by atoms with E-state index in [1.807, 2.05) is 0 Å². The van der Waals surface area contributed by atoms with E-state index in [0.717, 1.165) is 7.11 Å². The van der Waals surface area contributed by atoms with Crippen LogP contribution >= 0.6 is 0 Å². The van der Waals surface area contributed by atoms with Crippen LogP contribution in [0.3, 0.4) is 0 Å². The van der Waals surface area contributed by atoms with Gasteiger partial charge in [-0.2, -0.15) is 0 Å². The van der Waals surface area contributed by atoms with Gasteiger partial charge in [0.15, 0.2) is 29.1 Å². The van der Waals surface area contributed by atoms with Gasteiger partial charge < -0.3 is 14.6 Å². The molecule has 3 unspecified atom stereocenters. The fourth-order valence-electron chi connectivity index (χ4n) is 4.77. The molecular formula is C26H23F5N2O5. The zero-order valence-electron chi connectivity index (χ0n) is 20.3. The topological polar surface area (TPSA) is 88.4 Å². The van der Waals surface area contributed by atoms with Crippen LogP contribution in [0.4, 0.5) is 22.0 Å². The number of methoxy groups -OCH3 is 1. The summed E-state index contributed by atoms with van der Waals surface area (Å²) in [6.07, 6.45) is -1.03. The molecule has 2 aliphatic heterocycles. The van der Waals surface area contributed by atoms with Crippen LogP contribution in [-0.4, -0.2) is 66.9 Å². The molecule has 0 radical (unpaired) electrons. The van der Waals surface area contributed by atoms with Crippen molar-refractivity contribution in [2.45, 2.75) is 18.9 Å². The summed E-state index contributed by atoms with van der Waals surface area (Å²) in [7, 11) is 0.985. The molecule has 0 aliphatic carbocycles. The highest BCUT2D eigenvalue weighted by atomic mass is 19.2. The zero-order chi connectivity index (χ0) is 27.7. The number of aliphatic imine (C=N–C) groups is 1. The van der Waals surface area contributed by atoms with Crippen LogP contribution < -0.4 is 4.74 Å². The molecule has 2 aromatic carbocycles. The van der Waals surface area contributed by atoms with Crippen LogP contribution in [0, 0.1) is 35.0 Å². The molecule has 7 nitrogen and oxygen atoms in total. The summed E-state index contributed by atoms with van der Waals surface area (Å²) < 4.78 is 82.1. The third kappa shape index (κ3) is 5.05. The van der Waals surface area contributed by atoms with E-state index in [2.05, 4.69) is 4.99 Å². The van der Waals surface area contributed by atoms with E-state index < -0.39 is 64.3 Å². The summed E-state index contributed by atoms with van der Waals surface area (Å²) in [4.78, 5) is 31.6. The van der Waals surface area contributed by atoms with Gasteiger partial charge in [0.1, 0.15) is 24.4 Å². The molecule has 2 aliphatic rings. The van der Waals surface area contributed by atoms with Gasteiger partial charge >= 0.3 is 5.97 Å². The molecule has 0 saturated heterocycles. The van der Waals surface area contributed by atoms with Gasteiger partial charge in [-0.25, -0.2) is 22.0 Å². The van der Waals surface area contributed by atoms with Crippen molar-refractivity contribution >= 4 is 17.5 Å². The number of ether oxygens (including phenoxy) is 2. The van der Waals surface area contributed by atoms with Gasteiger partial charge in [0.05, 0.1) is 19.4 Å². The largest absolute Gasteiger partial charge is 0.491 e. The molecule has 2 aromatic rings. The minimum atomic E-state index is -2.36. The van der Waals surface area contributed by atoms with E-state index in [4.69, 9.17) is 9.47 Å². The third-order valence-electron chi connectivity index (χ3n) is 6.42. The highest BCUT2D eigenvalue weighted by molar-refractivity contribution is 6.09. The Morgan fingerprint density at radius 1 is 1.05 bits per heavy atom. The Kier molecular flexibility index (Phi) is 7.93. The van der Waals surface area contributed by atoms with Gasteiger partial charge in [0.25, 0.3) is 0 Å². The Hall–Kier alpha value is -3.64. The Morgan fingerprint density at radius 3 is 2.26 bits per heavy atom. The first kappa shape index (κ1) is 27.4. The lowest BCUT2D eigenvalue weighted by Crippen LogP contribution is -2.47. The summed E-state index contributed by atoms with van der Waals surface area (Å²) in [6.45, 7) is 0.727. The number of rotatable bonds is 7. The molecule has 202 valence electrons. The number of nitrogens with zero attached hydrogens (tertiary/aromatic N) is 2. The van der Waals surface area contributed by atoms with Crippen LogP contribution in [-0.2, 0) is 14.3 Å². The molecule has 3 atom stereocenters. The normalized spacial score (nSPS) is 20.6. The zero-order valence-corrected chi connectivity index (χ0v) is 20.3. The van der Waals surface area contributed by atoms with Crippen molar-refractivity contribution < 1.29 is 46.1 Å². The van der Waals surface area contributed by atoms with E-state index in [0.29, 0.717) is 5.75 Å². The molecule has 0 spiro atoms. The Bertz CT molecular complexity index is 1300. The van der Waals surface area contributed by atoms with Crippen molar-refractivity contribution in [3.05, 3.63) is 76.3 Å². The number of hydrogen-bond donors (Lipinski definition) is 1. The lowest BCUT2D eigenvalue weighted by molar-refractivity contribution is -0.143. The number of aliphatic hydroxyl groups excluding tert-OH is 1. The van der Waals surface area contributed by atoms with Crippen molar-refractivity contribution in [2.24, 2.45) is 10.9 Å².